The molecule has 0 spiro atoms. The summed E-state index contributed by atoms with van der Waals surface area (Å²) in [5.41, 5.74) is 5.39. The Kier molecular flexibility index (Phi) is 4.67. The third kappa shape index (κ3) is 3.21. The quantitative estimate of drug-likeness (QED) is 0.892. The molecule has 3 saturated heterocycles. The molecule has 26 heavy (non-hydrogen) atoms. The van der Waals surface area contributed by atoms with Crippen molar-refractivity contribution >= 4 is 17.2 Å². The van der Waals surface area contributed by atoms with Gasteiger partial charge < -0.3 is 9.88 Å². The van der Waals surface area contributed by atoms with Crippen molar-refractivity contribution in [3.05, 3.63) is 49.8 Å². The van der Waals surface area contributed by atoms with Crippen molar-refractivity contribution in [2.75, 3.05) is 13.1 Å². The molecule has 2 aromatic rings. The first kappa shape index (κ1) is 17.4. The Bertz CT molecular complexity index is 861. The van der Waals surface area contributed by atoms with Crippen molar-refractivity contribution in [1.82, 2.24) is 19.8 Å². The van der Waals surface area contributed by atoms with E-state index < -0.39 is 0 Å². The van der Waals surface area contributed by atoms with Crippen molar-refractivity contribution in [2.24, 2.45) is 5.92 Å². The van der Waals surface area contributed by atoms with Crippen molar-refractivity contribution in [1.29, 1.82) is 0 Å². The highest BCUT2D eigenvalue weighted by Gasteiger charge is 2.40. The Balaban J connectivity index is 1.53. The number of nitrogens with zero attached hydrogens (tertiary/aromatic N) is 3. The monoisotopic (exact) mass is 372 g/mol. The SMILES string of the molecule is Cc1c[nH]c(CN2C[C@@H]3CC[C@H](C2)N(Cc2cscn2)C3=O)c(C)c1=O. The van der Waals surface area contributed by atoms with Crippen LogP contribution >= 0.6 is 11.3 Å². The van der Waals surface area contributed by atoms with Crippen LogP contribution < -0.4 is 5.43 Å². The number of aromatic nitrogens is 2. The maximum absolute atomic E-state index is 12.9. The van der Waals surface area contributed by atoms with E-state index in [1.165, 1.54) is 0 Å². The molecule has 5 rings (SSSR count). The van der Waals surface area contributed by atoms with E-state index in [1.54, 1.807) is 17.5 Å². The summed E-state index contributed by atoms with van der Waals surface area (Å²) >= 11 is 1.57. The molecule has 1 amide bonds. The fourth-order valence-corrected chi connectivity index (χ4v) is 4.70. The fraction of sp³-hybridized carbons (Fsp3) is 0.526. The van der Waals surface area contributed by atoms with E-state index >= 15 is 0 Å². The van der Waals surface area contributed by atoms with Crippen molar-refractivity contribution in [3.63, 3.8) is 0 Å². The molecule has 6 nitrogen and oxygen atoms in total. The molecule has 7 heteroatoms. The molecule has 138 valence electrons. The van der Waals surface area contributed by atoms with Gasteiger partial charge in [-0.15, -0.1) is 11.3 Å². The molecule has 0 radical (unpaired) electrons. The number of hydrogen-bond acceptors (Lipinski definition) is 5. The number of hydrogen-bond donors (Lipinski definition) is 1. The number of fused-ring (bicyclic) bond motifs is 4. The number of piperidine rings is 1. The number of aromatic amines is 1. The number of nitrogens with one attached hydrogen (secondary N) is 1. The second kappa shape index (κ2) is 6.96. The Morgan fingerprint density at radius 2 is 2.08 bits per heavy atom. The van der Waals surface area contributed by atoms with Crippen LogP contribution in [0.25, 0.3) is 0 Å². The lowest BCUT2D eigenvalue weighted by molar-refractivity contribution is -0.140. The van der Waals surface area contributed by atoms with Gasteiger partial charge in [0.1, 0.15) is 0 Å². The molecule has 0 saturated carbocycles. The van der Waals surface area contributed by atoms with Gasteiger partial charge in [0.05, 0.1) is 23.7 Å². The maximum Gasteiger partial charge on any atom is 0.227 e. The number of aryl methyl sites for hydroxylation is 1. The first-order valence-electron chi connectivity index (χ1n) is 9.10. The lowest BCUT2D eigenvalue weighted by atomic mass is 9.94. The van der Waals surface area contributed by atoms with E-state index in [9.17, 15) is 9.59 Å². The van der Waals surface area contributed by atoms with Gasteiger partial charge in [-0.3, -0.25) is 14.5 Å². The lowest BCUT2D eigenvalue weighted by Gasteiger charge is -2.35. The van der Waals surface area contributed by atoms with Crippen LogP contribution in [0.2, 0.25) is 0 Å². The number of carbonyl (C=O) groups excluding carboxylic acids is 1. The zero-order valence-electron chi connectivity index (χ0n) is 15.2. The smallest absolute Gasteiger partial charge is 0.227 e. The minimum absolute atomic E-state index is 0.0462. The van der Waals surface area contributed by atoms with Gasteiger partial charge in [-0.2, -0.15) is 0 Å². The molecule has 3 fully saturated rings. The van der Waals surface area contributed by atoms with Crippen LogP contribution in [0.5, 0.6) is 0 Å². The number of H-pyrrole nitrogens is 1. The van der Waals surface area contributed by atoms with Gasteiger partial charge in [-0.25, -0.2) is 4.98 Å². The van der Waals surface area contributed by atoms with Crippen LogP contribution in [0.15, 0.2) is 21.9 Å². The predicted octanol–water partition coefficient (Wildman–Crippen LogP) is 2.07. The first-order valence-corrected chi connectivity index (χ1v) is 10.0. The van der Waals surface area contributed by atoms with Crippen LogP contribution in [0, 0.1) is 19.8 Å². The molecule has 2 aromatic heterocycles. The molecule has 0 aromatic carbocycles. The van der Waals surface area contributed by atoms with Gasteiger partial charge >= 0.3 is 0 Å². The van der Waals surface area contributed by atoms with E-state index in [0.29, 0.717) is 13.1 Å². The molecule has 3 aliphatic heterocycles. The van der Waals surface area contributed by atoms with Crippen molar-refractivity contribution in [3.8, 4) is 0 Å². The van der Waals surface area contributed by atoms with E-state index in [1.807, 2.05) is 29.6 Å². The highest BCUT2D eigenvalue weighted by molar-refractivity contribution is 7.07. The molecule has 1 N–H and O–H groups in total. The van der Waals surface area contributed by atoms with Gasteiger partial charge in [0.25, 0.3) is 0 Å². The van der Waals surface area contributed by atoms with Crippen LogP contribution in [0.1, 0.15) is 35.4 Å². The van der Waals surface area contributed by atoms with Crippen molar-refractivity contribution < 1.29 is 4.79 Å². The number of carbonyl (C=O) groups is 1. The molecule has 2 bridgehead atoms. The van der Waals surface area contributed by atoms with Gasteiger partial charge in [0.15, 0.2) is 5.43 Å². The minimum atomic E-state index is 0.0462. The Labute approximate surface area is 156 Å². The van der Waals surface area contributed by atoms with Crippen LogP contribution in [-0.2, 0) is 17.9 Å². The molecule has 2 atom stereocenters. The first-order chi connectivity index (χ1) is 12.5. The topological polar surface area (TPSA) is 69.3 Å². The molecular weight excluding hydrogens is 348 g/mol. The van der Waals surface area contributed by atoms with Gasteiger partial charge in [0, 0.05) is 54.1 Å². The highest BCUT2D eigenvalue weighted by Crippen LogP contribution is 2.31. The zero-order chi connectivity index (χ0) is 18.3. The number of amides is 1. The lowest BCUT2D eigenvalue weighted by Crippen LogP contribution is -2.47. The Morgan fingerprint density at radius 3 is 2.85 bits per heavy atom. The van der Waals surface area contributed by atoms with Crippen LogP contribution in [-0.4, -0.2) is 44.8 Å². The molecule has 3 aliphatic rings. The number of pyridine rings is 1. The van der Waals surface area contributed by atoms with Crippen LogP contribution in [0.3, 0.4) is 0 Å². The largest absolute Gasteiger partial charge is 0.363 e. The summed E-state index contributed by atoms with van der Waals surface area (Å²) < 4.78 is 0. The summed E-state index contributed by atoms with van der Waals surface area (Å²) in [6, 6.07) is 0.223. The Morgan fingerprint density at radius 1 is 1.23 bits per heavy atom. The normalized spacial score (nSPS) is 23.5. The maximum atomic E-state index is 12.9. The summed E-state index contributed by atoms with van der Waals surface area (Å²) in [7, 11) is 0. The summed E-state index contributed by atoms with van der Waals surface area (Å²) in [6.45, 7) is 6.62. The fourth-order valence-electron chi connectivity index (χ4n) is 4.15. The summed E-state index contributed by atoms with van der Waals surface area (Å²) in [6.07, 6.45) is 3.79. The third-order valence-corrected chi connectivity index (χ3v) is 6.32. The van der Waals surface area contributed by atoms with Crippen LogP contribution in [0.4, 0.5) is 0 Å². The van der Waals surface area contributed by atoms with Gasteiger partial charge in [0.2, 0.25) is 5.91 Å². The number of thiazole rings is 1. The molecule has 5 heterocycles. The minimum Gasteiger partial charge on any atom is -0.363 e. The second-order valence-electron chi connectivity index (χ2n) is 7.47. The molecule has 0 unspecified atom stereocenters. The Hall–Kier alpha value is -1.99. The predicted molar refractivity (Wildman–Crippen MR) is 101 cm³/mol. The summed E-state index contributed by atoms with van der Waals surface area (Å²) in [5.74, 6) is 0.302. The standard InChI is InChI=1S/C19H24N4O2S/c1-12-5-20-17(13(2)18(12)24)9-22-6-14-3-4-16(8-22)23(19(14)25)7-15-10-26-11-21-15/h5,10-11,14,16H,3-4,6-9H2,1-2H3,(H,20,24)/t14-,16+/m0/s1. The average molecular weight is 372 g/mol. The highest BCUT2D eigenvalue weighted by atomic mass is 32.1. The molecular formula is C19H24N4O2S. The van der Waals surface area contributed by atoms with Gasteiger partial charge in [-0.05, 0) is 26.7 Å². The van der Waals surface area contributed by atoms with E-state index in [-0.39, 0.29) is 23.3 Å². The second-order valence-corrected chi connectivity index (χ2v) is 8.19. The zero-order valence-corrected chi connectivity index (χ0v) is 16.0. The average Bonchev–Trinajstić information content (AvgIpc) is 3.01. The molecule has 0 aliphatic carbocycles. The third-order valence-electron chi connectivity index (χ3n) is 5.68. The van der Waals surface area contributed by atoms with Gasteiger partial charge in [-0.1, -0.05) is 0 Å². The van der Waals surface area contributed by atoms with E-state index in [4.69, 9.17) is 0 Å². The van der Waals surface area contributed by atoms with E-state index in [2.05, 4.69) is 14.9 Å². The number of rotatable bonds is 4. The van der Waals surface area contributed by atoms with E-state index in [0.717, 1.165) is 48.4 Å². The summed E-state index contributed by atoms with van der Waals surface area (Å²) in [4.78, 5) is 37.1. The van der Waals surface area contributed by atoms with Crippen molar-refractivity contribution in [2.45, 2.75) is 45.8 Å². The summed E-state index contributed by atoms with van der Waals surface area (Å²) in [5, 5.41) is 2.02.